The number of carbonyl (C=O) groups excluding carboxylic acids is 2. The summed E-state index contributed by atoms with van der Waals surface area (Å²) in [5.74, 6) is 0.650. The zero-order valence-electron chi connectivity index (χ0n) is 26.3. The van der Waals surface area contributed by atoms with Gasteiger partial charge in [0.1, 0.15) is 22.6 Å². The molecule has 1 saturated carbocycles. The molecule has 0 saturated heterocycles. The van der Waals surface area contributed by atoms with E-state index in [0.29, 0.717) is 54.0 Å². The van der Waals surface area contributed by atoms with E-state index in [9.17, 15) is 18.9 Å². The second-order valence-electron chi connectivity index (χ2n) is 11.9. The first-order valence-corrected chi connectivity index (χ1v) is 17.0. The highest BCUT2D eigenvalue weighted by atomic mass is 32.2. The fraction of sp³-hybridized carbons (Fsp3) is 0.400. The van der Waals surface area contributed by atoms with Gasteiger partial charge >= 0.3 is 0 Å². The summed E-state index contributed by atoms with van der Waals surface area (Å²) in [5, 5.41) is 16.2. The second kappa shape index (κ2) is 14.4. The van der Waals surface area contributed by atoms with Gasteiger partial charge in [-0.15, -0.1) is 0 Å². The number of hydrogen-bond donors (Lipinski definition) is 3. The number of benzene rings is 2. The van der Waals surface area contributed by atoms with Crippen LogP contribution in [0.4, 0.5) is 5.82 Å². The highest BCUT2D eigenvalue weighted by molar-refractivity contribution is 7.85. The maximum absolute atomic E-state index is 13.1. The van der Waals surface area contributed by atoms with Crippen molar-refractivity contribution in [2.45, 2.75) is 57.9 Å². The molecule has 2 aromatic heterocycles. The van der Waals surface area contributed by atoms with Crippen LogP contribution < -0.4 is 14.9 Å². The molecule has 2 heterocycles. The van der Waals surface area contributed by atoms with Gasteiger partial charge in [0, 0.05) is 31.3 Å². The van der Waals surface area contributed by atoms with Crippen molar-refractivity contribution in [2.75, 3.05) is 30.8 Å². The Labute approximate surface area is 267 Å². The number of amides is 2. The van der Waals surface area contributed by atoms with Gasteiger partial charge in [0.15, 0.2) is 0 Å². The Bertz CT molecular complexity index is 1670. The van der Waals surface area contributed by atoms with E-state index in [-0.39, 0.29) is 36.3 Å². The van der Waals surface area contributed by atoms with Gasteiger partial charge in [-0.05, 0) is 62.1 Å². The molecule has 238 valence electrons. The summed E-state index contributed by atoms with van der Waals surface area (Å²) < 4.78 is 21.2. The number of nitrogens with zero attached hydrogens (tertiary/aromatic N) is 2. The van der Waals surface area contributed by atoms with Gasteiger partial charge in [-0.2, -0.15) is 4.98 Å². The van der Waals surface area contributed by atoms with Gasteiger partial charge in [0.2, 0.25) is 11.6 Å². The number of pyridine rings is 1. The number of anilines is 1. The Morgan fingerprint density at radius 1 is 1.13 bits per heavy atom. The average Bonchev–Trinajstić information content (AvgIpc) is 3.82. The van der Waals surface area contributed by atoms with Crippen LogP contribution in [-0.2, 0) is 22.2 Å². The summed E-state index contributed by atoms with van der Waals surface area (Å²) in [5.41, 5.74) is 4.64. The van der Waals surface area contributed by atoms with E-state index >= 15 is 0 Å². The molecule has 3 unspecified atom stereocenters. The van der Waals surface area contributed by atoms with Crippen LogP contribution in [0, 0.1) is 12.8 Å². The topological polar surface area (TPSA) is 125 Å². The van der Waals surface area contributed by atoms with Gasteiger partial charge in [-0.3, -0.25) is 13.9 Å². The van der Waals surface area contributed by atoms with Crippen molar-refractivity contribution in [1.82, 2.24) is 15.6 Å². The Kier molecular flexibility index (Phi) is 10.4. The second-order valence-corrected chi connectivity index (χ2v) is 13.2. The molecule has 2 aromatic carbocycles. The number of aliphatic hydroxyl groups excluding tert-OH is 1. The van der Waals surface area contributed by atoms with Crippen LogP contribution in [-0.4, -0.2) is 58.6 Å². The fourth-order valence-corrected chi connectivity index (χ4v) is 6.39. The van der Waals surface area contributed by atoms with Crippen LogP contribution in [0.25, 0.3) is 22.4 Å². The average molecular weight is 631 g/mol. The summed E-state index contributed by atoms with van der Waals surface area (Å²) in [6.07, 6.45) is 5.35. The molecule has 0 aliphatic heterocycles. The molecule has 2 amide bonds. The third-order valence-corrected chi connectivity index (χ3v) is 9.34. The predicted octanol–water partition coefficient (Wildman–Crippen LogP) is 5.28. The summed E-state index contributed by atoms with van der Waals surface area (Å²) in [4.78, 5) is 31.0. The molecule has 4 aromatic rings. The zero-order valence-corrected chi connectivity index (χ0v) is 27.2. The van der Waals surface area contributed by atoms with Gasteiger partial charge in [-0.25, -0.2) is 4.21 Å². The molecule has 1 aliphatic rings. The SMILES string of the molecule is CNC(=O)c1c(-c2ccc(C)cc2)oc2nc(N(CCCC(C)C(=O)NC(CO)Cc3ccccc3)S(C)=O)c(C3CC3)cc12. The first-order valence-electron chi connectivity index (χ1n) is 15.5. The summed E-state index contributed by atoms with van der Waals surface area (Å²) in [6, 6.07) is 19.2. The molecule has 0 bridgehead atoms. The molecular formula is C35H42N4O5S. The molecule has 5 rings (SSSR count). The minimum absolute atomic E-state index is 0.117. The normalized spacial score (nSPS) is 15.0. The Hall–Kier alpha value is -4.02. The van der Waals surface area contributed by atoms with E-state index in [0.717, 1.165) is 35.1 Å². The van der Waals surface area contributed by atoms with E-state index in [2.05, 4.69) is 10.6 Å². The predicted molar refractivity (Wildman–Crippen MR) is 179 cm³/mol. The van der Waals surface area contributed by atoms with Crippen LogP contribution in [0.5, 0.6) is 0 Å². The highest BCUT2D eigenvalue weighted by Gasteiger charge is 2.33. The first-order chi connectivity index (χ1) is 21.7. The molecule has 10 heteroatoms. The number of hydrogen-bond acceptors (Lipinski definition) is 6. The molecule has 9 nitrogen and oxygen atoms in total. The lowest BCUT2D eigenvalue weighted by atomic mass is 10.0. The van der Waals surface area contributed by atoms with Gasteiger partial charge in [0.25, 0.3) is 5.91 Å². The number of rotatable bonds is 14. The number of aryl methyl sites for hydroxylation is 1. The Morgan fingerprint density at radius 3 is 2.47 bits per heavy atom. The monoisotopic (exact) mass is 630 g/mol. The van der Waals surface area contributed by atoms with Gasteiger partial charge < -0.3 is 20.2 Å². The van der Waals surface area contributed by atoms with Crippen LogP contribution in [0.15, 0.2) is 65.1 Å². The number of aromatic nitrogens is 1. The van der Waals surface area contributed by atoms with E-state index in [1.165, 1.54) is 0 Å². The first kappa shape index (κ1) is 32.4. The molecule has 0 spiro atoms. The minimum Gasteiger partial charge on any atom is -0.437 e. The largest absolute Gasteiger partial charge is 0.437 e. The molecule has 45 heavy (non-hydrogen) atoms. The van der Waals surface area contributed by atoms with Gasteiger partial charge in [0.05, 0.1) is 23.6 Å². The van der Waals surface area contributed by atoms with Gasteiger partial charge in [-0.1, -0.05) is 67.1 Å². The minimum atomic E-state index is -1.39. The maximum atomic E-state index is 13.1. The van der Waals surface area contributed by atoms with Crippen molar-refractivity contribution in [2.24, 2.45) is 5.92 Å². The third-order valence-electron chi connectivity index (χ3n) is 8.36. The van der Waals surface area contributed by atoms with Crippen LogP contribution in [0.2, 0.25) is 0 Å². The van der Waals surface area contributed by atoms with Crippen LogP contribution >= 0.6 is 0 Å². The van der Waals surface area contributed by atoms with E-state index in [1.807, 2.05) is 74.5 Å². The third kappa shape index (κ3) is 7.62. The van der Waals surface area contributed by atoms with Crippen molar-refractivity contribution in [3.63, 3.8) is 0 Å². The molecule has 0 radical (unpaired) electrons. The van der Waals surface area contributed by atoms with Crippen molar-refractivity contribution < 1.29 is 23.3 Å². The lowest BCUT2D eigenvalue weighted by Crippen LogP contribution is -2.41. The quantitative estimate of drug-likeness (QED) is 0.174. The number of carbonyl (C=O) groups is 2. The molecule has 1 fully saturated rings. The van der Waals surface area contributed by atoms with Crippen molar-refractivity contribution >= 4 is 39.7 Å². The summed E-state index contributed by atoms with van der Waals surface area (Å²) in [7, 11) is 0.211. The lowest BCUT2D eigenvalue weighted by molar-refractivity contribution is -0.125. The highest BCUT2D eigenvalue weighted by Crippen LogP contribution is 2.46. The Balaban J connectivity index is 1.35. The van der Waals surface area contributed by atoms with E-state index < -0.39 is 11.0 Å². The number of furan rings is 1. The van der Waals surface area contributed by atoms with Crippen LogP contribution in [0.3, 0.4) is 0 Å². The number of nitrogens with one attached hydrogen (secondary N) is 2. The smallest absolute Gasteiger partial charge is 0.255 e. The van der Waals surface area contributed by atoms with Crippen molar-refractivity contribution in [3.05, 3.63) is 82.9 Å². The van der Waals surface area contributed by atoms with Crippen molar-refractivity contribution in [3.8, 4) is 11.3 Å². The molecular weight excluding hydrogens is 588 g/mol. The lowest BCUT2D eigenvalue weighted by Gasteiger charge is -2.24. The fourth-order valence-electron chi connectivity index (χ4n) is 5.61. The number of aliphatic hydroxyl groups is 1. The van der Waals surface area contributed by atoms with E-state index in [4.69, 9.17) is 9.40 Å². The summed E-state index contributed by atoms with van der Waals surface area (Å²) >= 11 is 0. The molecule has 1 aliphatic carbocycles. The zero-order chi connectivity index (χ0) is 32.1. The van der Waals surface area contributed by atoms with E-state index in [1.54, 1.807) is 17.6 Å². The van der Waals surface area contributed by atoms with Crippen molar-refractivity contribution in [1.29, 1.82) is 0 Å². The maximum Gasteiger partial charge on any atom is 0.255 e. The number of fused-ring (bicyclic) bond motifs is 1. The molecule has 3 N–H and O–H groups in total. The Morgan fingerprint density at radius 2 is 1.84 bits per heavy atom. The molecule has 3 atom stereocenters. The van der Waals surface area contributed by atoms with Crippen LogP contribution in [0.1, 0.15) is 65.6 Å². The summed E-state index contributed by atoms with van der Waals surface area (Å²) in [6.45, 7) is 4.16. The standard InChI is InChI=1S/C35H42N4O5S/c1-22-12-14-26(15-13-22)31-30(34(42)36-3)29-20-28(25-16-17-25)32(38-35(29)44-31)39(45(4)43)18-8-9-23(2)33(41)37-27(21-40)19-24-10-6-5-7-11-24/h5-7,10-15,20,23,25,27,40H,8-9,16-19,21H2,1-4H3,(H,36,42)(H,37,41).